The third-order valence-electron chi connectivity index (χ3n) is 4.79. The zero-order chi connectivity index (χ0) is 22.3. The molecule has 5 rings (SSSR count). The number of nitrogens with zero attached hydrogens (tertiary/aromatic N) is 3. The van der Waals surface area contributed by atoms with Crippen molar-refractivity contribution < 1.29 is 27.8 Å². The van der Waals surface area contributed by atoms with Crippen LogP contribution in [-0.4, -0.2) is 45.8 Å². The van der Waals surface area contributed by atoms with Gasteiger partial charge in [0.2, 0.25) is 5.13 Å². The summed E-state index contributed by atoms with van der Waals surface area (Å²) in [6.07, 6.45) is -1.44. The number of carbonyl (C=O) groups is 1. The van der Waals surface area contributed by atoms with Crippen LogP contribution >= 0.6 is 23.1 Å². The topological polar surface area (TPSA) is 95.5 Å². The largest absolute Gasteiger partial charge is 0.586 e. The Hall–Kier alpha value is -2.83. The molecule has 0 aliphatic carbocycles. The van der Waals surface area contributed by atoms with Crippen molar-refractivity contribution in [3.8, 4) is 22.6 Å². The molecule has 1 amide bonds. The number of fused-ring (bicyclic) bond motifs is 1. The Morgan fingerprint density at radius 3 is 2.97 bits per heavy atom. The first-order chi connectivity index (χ1) is 15.4. The third-order valence-corrected chi connectivity index (χ3v) is 6.95. The van der Waals surface area contributed by atoms with Crippen LogP contribution in [0.15, 0.2) is 34.8 Å². The van der Waals surface area contributed by atoms with E-state index in [-0.39, 0.29) is 17.1 Å². The van der Waals surface area contributed by atoms with E-state index in [0.29, 0.717) is 33.8 Å². The molecule has 0 saturated carbocycles. The first-order valence-electron chi connectivity index (χ1n) is 9.63. The smallest absolute Gasteiger partial charge is 0.395 e. The molecule has 2 aliphatic heterocycles. The minimum absolute atomic E-state index is 0.102. The molecule has 32 heavy (non-hydrogen) atoms. The number of aromatic nitrogens is 3. The molecule has 8 nitrogen and oxygen atoms in total. The van der Waals surface area contributed by atoms with Crippen LogP contribution in [0.3, 0.4) is 0 Å². The average molecular weight is 479 g/mol. The maximum absolute atomic E-state index is 13.6. The van der Waals surface area contributed by atoms with Gasteiger partial charge in [0.25, 0.3) is 5.91 Å². The lowest BCUT2D eigenvalue weighted by atomic mass is 9.99. The van der Waals surface area contributed by atoms with Gasteiger partial charge in [0, 0.05) is 34.9 Å². The van der Waals surface area contributed by atoms with Crippen LogP contribution in [-0.2, 0) is 4.74 Å². The molecule has 3 aromatic rings. The standard InChI is InChI=1S/C20H16F2N4O4S2/c1-10-7-13(12-3-2-4-15-16(12)30-20(21,22)29-15)14(8-23-10)17(27)24-18-25-26-19(32-18)31-11-5-6-28-9-11/h2-4,7-8,11H,5-6,9H2,1H3,(H,24,25,27). The van der Waals surface area contributed by atoms with Gasteiger partial charge in [0.05, 0.1) is 12.2 Å². The minimum Gasteiger partial charge on any atom is -0.395 e. The predicted molar refractivity (Wildman–Crippen MR) is 114 cm³/mol. The Labute approximate surface area is 189 Å². The summed E-state index contributed by atoms with van der Waals surface area (Å²) in [4.78, 5) is 17.2. The van der Waals surface area contributed by atoms with Gasteiger partial charge in [-0.2, -0.15) is 0 Å². The first-order valence-corrected chi connectivity index (χ1v) is 11.3. The number of hydrogen-bond donors (Lipinski definition) is 1. The molecule has 4 heterocycles. The second kappa shape index (κ2) is 8.26. The van der Waals surface area contributed by atoms with Crippen molar-refractivity contribution in [2.45, 2.75) is 29.2 Å². The van der Waals surface area contributed by atoms with Gasteiger partial charge in [-0.05, 0) is 25.5 Å². The molecule has 1 N–H and O–H groups in total. The molecular weight excluding hydrogens is 462 g/mol. The van der Waals surface area contributed by atoms with Crippen molar-refractivity contribution in [2.75, 3.05) is 18.5 Å². The molecule has 0 bridgehead atoms. The molecule has 1 saturated heterocycles. The van der Waals surface area contributed by atoms with Crippen LogP contribution in [0.4, 0.5) is 13.9 Å². The zero-order valence-corrected chi connectivity index (χ0v) is 18.3. The fraction of sp³-hybridized carbons (Fsp3) is 0.300. The number of hydrogen-bond acceptors (Lipinski definition) is 9. The maximum atomic E-state index is 13.6. The molecule has 2 aromatic heterocycles. The van der Waals surface area contributed by atoms with Gasteiger partial charge in [-0.1, -0.05) is 35.2 Å². The van der Waals surface area contributed by atoms with Gasteiger partial charge in [0.1, 0.15) is 0 Å². The minimum atomic E-state index is -3.77. The van der Waals surface area contributed by atoms with E-state index < -0.39 is 12.2 Å². The van der Waals surface area contributed by atoms with E-state index in [1.54, 1.807) is 36.9 Å². The quantitative estimate of drug-likeness (QED) is 0.541. The number of para-hydroxylation sites is 1. The Bertz CT molecular complexity index is 1180. The molecular formula is C20H16F2N4O4S2. The Kier molecular flexibility index (Phi) is 5.43. The number of alkyl halides is 2. The average Bonchev–Trinajstić information content (AvgIpc) is 3.47. The van der Waals surface area contributed by atoms with E-state index in [9.17, 15) is 13.6 Å². The normalized spacial score (nSPS) is 18.7. The Balaban J connectivity index is 1.42. The van der Waals surface area contributed by atoms with E-state index in [1.807, 2.05) is 0 Å². The Morgan fingerprint density at radius 2 is 2.16 bits per heavy atom. The number of amides is 1. The summed E-state index contributed by atoms with van der Waals surface area (Å²) in [5.41, 5.74) is 1.46. The molecule has 0 radical (unpaired) electrons. The van der Waals surface area contributed by atoms with Gasteiger partial charge in [-0.3, -0.25) is 15.1 Å². The van der Waals surface area contributed by atoms with Gasteiger partial charge in [-0.15, -0.1) is 19.0 Å². The van der Waals surface area contributed by atoms with Crippen molar-refractivity contribution in [3.63, 3.8) is 0 Å². The summed E-state index contributed by atoms with van der Waals surface area (Å²) in [7, 11) is 0. The first kappa shape index (κ1) is 21.0. The van der Waals surface area contributed by atoms with Crippen LogP contribution in [0, 0.1) is 6.92 Å². The van der Waals surface area contributed by atoms with Crippen molar-refractivity contribution in [1.82, 2.24) is 15.2 Å². The Morgan fingerprint density at radius 1 is 1.28 bits per heavy atom. The highest BCUT2D eigenvalue weighted by atomic mass is 32.2. The fourth-order valence-corrected chi connectivity index (χ4v) is 5.43. The second-order valence-electron chi connectivity index (χ2n) is 7.10. The number of pyridine rings is 1. The lowest BCUT2D eigenvalue weighted by Crippen LogP contribution is -2.26. The SMILES string of the molecule is Cc1cc(-c2cccc3c2OC(F)(F)O3)c(C(=O)Nc2nnc(SC3CCOC3)s2)cn1. The lowest BCUT2D eigenvalue weighted by molar-refractivity contribution is -0.286. The van der Waals surface area contributed by atoms with E-state index in [0.717, 1.165) is 17.4 Å². The zero-order valence-electron chi connectivity index (χ0n) is 16.6. The second-order valence-corrected chi connectivity index (χ2v) is 9.63. The highest BCUT2D eigenvalue weighted by molar-refractivity contribution is 8.01. The van der Waals surface area contributed by atoms with Crippen LogP contribution in [0.25, 0.3) is 11.1 Å². The molecule has 2 aliphatic rings. The highest BCUT2D eigenvalue weighted by Gasteiger charge is 2.44. The van der Waals surface area contributed by atoms with Gasteiger partial charge in [0.15, 0.2) is 15.8 Å². The fourth-order valence-electron chi connectivity index (χ4n) is 3.37. The van der Waals surface area contributed by atoms with Crippen LogP contribution in [0.5, 0.6) is 11.5 Å². The number of ether oxygens (including phenoxy) is 3. The summed E-state index contributed by atoms with van der Waals surface area (Å²) >= 11 is 2.82. The molecule has 1 unspecified atom stereocenters. The van der Waals surface area contributed by atoms with Crippen molar-refractivity contribution in [1.29, 1.82) is 0 Å². The van der Waals surface area contributed by atoms with E-state index in [2.05, 4.69) is 25.2 Å². The molecule has 1 atom stereocenters. The van der Waals surface area contributed by atoms with Crippen LogP contribution < -0.4 is 14.8 Å². The van der Waals surface area contributed by atoms with Gasteiger partial charge in [-0.25, -0.2) is 0 Å². The number of nitrogens with one attached hydrogen (secondary N) is 1. The van der Waals surface area contributed by atoms with E-state index in [1.165, 1.54) is 23.6 Å². The molecule has 1 aromatic carbocycles. The van der Waals surface area contributed by atoms with Crippen molar-refractivity contribution in [3.05, 3.63) is 41.7 Å². The number of thioether (sulfide) groups is 1. The number of aryl methyl sites for hydroxylation is 1. The maximum Gasteiger partial charge on any atom is 0.586 e. The number of halogens is 2. The van der Waals surface area contributed by atoms with Crippen molar-refractivity contribution >= 4 is 34.1 Å². The number of benzene rings is 1. The number of carbonyl (C=O) groups excluding carboxylic acids is 1. The third kappa shape index (κ3) is 4.25. The lowest BCUT2D eigenvalue weighted by Gasteiger charge is -2.12. The summed E-state index contributed by atoms with van der Waals surface area (Å²) in [6, 6.07) is 6.14. The van der Waals surface area contributed by atoms with Gasteiger partial charge >= 0.3 is 6.29 Å². The van der Waals surface area contributed by atoms with E-state index >= 15 is 0 Å². The van der Waals surface area contributed by atoms with Crippen LogP contribution in [0.2, 0.25) is 0 Å². The highest BCUT2D eigenvalue weighted by Crippen LogP contribution is 2.47. The molecule has 166 valence electrons. The number of rotatable bonds is 5. The van der Waals surface area contributed by atoms with Gasteiger partial charge < -0.3 is 14.2 Å². The monoisotopic (exact) mass is 478 g/mol. The molecule has 1 fully saturated rings. The summed E-state index contributed by atoms with van der Waals surface area (Å²) < 4.78 is 42.6. The number of anilines is 1. The summed E-state index contributed by atoms with van der Waals surface area (Å²) in [5, 5.41) is 11.5. The van der Waals surface area contributed by atoms with Crippen LogP contribution in [0.1, 0.15) is 22.5 Å². The molecule has 12 heteroatoms. The summed E-state index contributed by atoms with van der Waals surface area (Å²) in [6.45, 7) is 3.13. The van der Waals surface area contributed by atoms with E-state index in [4.69, 9.17) is 9.47 Å². The summed E-state index contributed by atoms with van der Waals surface area (Å²) in [5.74, 6) is -0.729. The predicted octanol–water partition coefficient (Wildman–Crippen LogP) is 4.36. The van der Waals surface area contributed by atoms with Crippen molar-refractivity contribution in [2.24, 2.45) is 0 Å². The molecule has 0 spiro atoms.